The number of aryl methyl sites for hydroxylation is 1. The first-order valence-electron chi connectivity index (χ1n) is 9.61. The van der Waals surface area contributed by atoms with Gasteiger partial charge in [0.1, 0.15) is 0 Å². The Morgan fingerprint density at radius 2 is 1.89 bits per heavy atom. The number of nitrogens with zero attached hydrogens (tertiary/aromatic N) is 2. The van der Waals surface area contributed by atoms with Crippen molar-refractivity contribution in [1.82, 2.24) is 9.80 Å². The Bertz CT molecular complexity index is 856. The summed E-state index contributed by atoms with van der Waals surface area (Å²) in [6.07, 6.45) is 4.29. The minimum atomic E-state index is -0.360. The molecule has 0 saturated carbocycles. The van der Waals surface area contributed by atoms with Crippen LogP contribution in [0.3, 0.4) is 0 Å². The number of piperazine rings is 1. The van der Waals surface area contributed by atoms with Crippen LogP contribution in [0.2, 0.25) is 4.34 Å². The van der Waals surface area contributed by atoms with Gasteiger partial charge in [0.15, 0.2) is 6.61 Å². The molecule has 0 atom stereocenters. The lowest BCUT2D eigenvalue weighted by Gasteiger charge is -2.34. The monoisotopic (exact) mass is 438 g/mol. The zero-order valence-corrected chi connectivity index (χ0v) is 18.0. The summed E-state index contributed by atoms with van der Waals surface area (Å²) in [5, 5.41) is 1.89. The zero-order chi connectivity index (χ0) is 19.5. The number of fused-ring (bicyclic) bond motifs is 1. The van der Waals surface area contributed by atoms with E-state index < -0.39 is 0 Å². The summed E-state index contributed by atoms with van der Waals surface area (Å²) in [6.45, 7) is 3.62. The molecule has 8 heteroatoms. The number of thiophene rings is 2. The molecule has 150 valence electrons. The molecular formula is C20H23ClN2O3S2. The smallest absolute Gasteiger partial charge is 0.339 e. The third-order valence-electron chi connectivity index (χ3n) is 5.34. The van der Waals surface area contributed by atoms with Crippen molar-refractivity contribution in [2.24, 2.45) is 0 Å². The van der Waals surface area contributed by atoms with Crippen LogP contribution in [0.1, 0.15) is 38.5 Å². The molecule has 28 heavy (non-hydrogen) atoms. The van der Waals surface area contributed by atoms with Crippen LogP contribution in [-0.4, -0.2) is 54.5 Å². The van der Waals surface area contributed by atoms with E-state index >= 15 is 0 Å². The van der Waals surface area contributed by atoms with E-state index in [4.69, 9.17) is 16.3 Å². The number of halogens is 1. The number of ether oxygens (including phenoxy) is 1. The van der Waals surface area contributed by atoms with Gasteiger partial charge >= 0.3 is 5.97 Å². The van der Waals surface area contributed by atoms with Crippen molar-refractivity contribution < 1.29 is 14.3 Å². The molecule has 1 saturated heterocycles. The van der Waals surface area contributed by atoms with Crippen LogP contribution in [0, 0.1) is 0 Å². The number of esters is 1. The van der Waals surface area contributed by atoms with Gasteiger partial charge in [0.05, 0.1) is 9.90 Å². The number of amides is 1. The zero-order valence-electron chi connectivity index (χ0n) is 15.6. The molecule has 1 fully saturated rings. The second-order valence-electron chi connectivity index (χ2n) is 7.20. The maximum Gasteiger partial charge on any atom is 0.339 e. The summed E-state index contributed by atoms with van der Waals surface area (Å²) >= 11 is 9.22. The summed E-state index contributed by atoms with van der Waals surface area (Å²) in [7, 11) is 0. The molecule has 1 aliphatic heterocycles. The van der Waals surface area contributed by atoms with E-state index in [0.29, 0.717) is 18.7 Å². The van der Waals surface area contributed by atoms with E-state index in [2.05, 4.69) is 4.90 Å². The number of hydrogen-bond donors (Lipinski definition) is 0. The van der Waals surface area contributed by atoms with E-state index in [-0.39, 0.29) is 18.5 Å². The van der Waals surface area contributed by atoms with Gasteiger partial charge in [-0.25, -0.2) is 4.79 Å². The number of carbonyl (C=O) groups excluding carboxylic acids is 2. The summed E-state index contributed by atoms with van der Waals surface area (Å²) < 4.78 is 6.15. The molecule has 2 aromatic rings. The molecule has 4 rings (SSSR count). The molecule has 1 aliphatic carbocycles. The fourth-order valence-corrected chi connectivity index (χ4v) is 6.02. The minimum absolute atomic E-state index is 0.115. The highest BCUT2D eigenvalue weighted by molar-refractivity contribution is 7.16. The van der Waals surface area contributed by atoms with Crippen LogP contribution in [0.15, 0.2) is 17.5 Å². The molecule has 1 amide bonds. The molecule has 5 nitrogen and oxygen atoms in total. The molecule has 0 radical (unpaired) electrons. The lowest BCUT2D eigenvalue weighted by molar-refractivity contribution is -0.136. The highest BCUT2D eigenvalue weighted by Gasteiger charge is 2.25. The maximum absolute atomic E-state index is 12.4. The lowest BCUT2D eigenvalue weighted by Crippen LogP contribution is -2.49. The average molecular weight is 439 g/mol. The van der Waals surface area contributed by atoms with E-state index in [9.17, 15) is 9.59 Å². The van der Waals surface area contributed by atoms with Gasteiger partial charge in [-0.3, -0.25) is 9.69 Å². The minimum Gasteiger partial charge on any atom is -0.452 e. The van der Waals surface area contributed by atoms with Crippen LogP contribution in [0.4, 0.5) is 0 Å². The third-order valence-corrected chi connectivity index (χ3v) is 7.65. The molecule has 0 unspecified atom stereocenters. The fourth-order valence-electron chi connectivity index (χ4n) is 3.77. The van der Waals surface area contributed by atoms with Crippen molar-refractivity contribution in [3.05, 3.63) is 42.7 Å². The largest absolute Gasteiger partial charge is 0.452 e. The molecule has 0 N–H and O–H groups in total. The van der Waals surface area contributed by atoms with Crippen LogP contribution in [-0.2, 0) is 28.9 Å². The summed E-state index contributed by atoms with van der Waals surface area (Å²) in [6, 6.07) is 3.97. The Hall–Kier alpha value is -1.41. The van der Waals surface area contributed by atoms with E-state index in [1.165, 1.54) is 16.2 Å². The first-order chi connectivity index (χ1) is 13.6. The molecule has 2 aromatic heterocycles. The van der Waals surface area contributed by atoms with Crippen LogP contribution in [0.5, 0.6) is 0 Å². The van der Waals surface area contributed by atoms with Crippen molar-refractivity contribution in [1.29, 1.82) is 0 Å². The van der Waals surface area contributed by atoms with Crippen LogP contribution < -0.4 is 0 Å². The topological polar surface area (TPSA) is 49.9 Å². The molecule has 0 aromatic carbocycles. The Morgan fingerprint density at radius 3 is 2.64 bits per heavy atom. The van der Waals surface area contributed by atoms with E-state index in [1.807, 2.05) is 17.5 Å². The normalized spacial score (nSPS) is 17.4. The standard InChI is InChI=1S/C20H23ClN2O3S2/c21-18-6-5-14(28-18)11-22-7-9-23(10-8-22)19(24)12-26-20(25)16-13-27-17-4-2-1-3-15(16)17/h5-6,13H,1-4,7-12H2. The van der Waals surface area contributed by atoms with E-state index in [1.54, 1.807) is 27.6 Å². The Morgan fingerprint density at radius 1 is 1.11 bits per heavy atom. The van der Waals surface area contributed by atoms with E-state index in [0.717, 1.165) is 48.8 Å². The number of carbonyl (C=O) groups is 2. The summed E-state index contributed by atoms with van der Waals surface area (Å²) in [5.41, 5.74) is 1.79. The predicted molar refractivity (Wildman–Crippen MR) is 112 cm³/mol. The average Bonchev–Trinajstić information content (AvgIpc) is 3.32. The van der Waals surface area contributed by atoms with Gasteiger partial charge in [0.25, 0.3) is 5.91 Å². The molecule has 2 aliphatic rings. The van der Waals surface area contributed by atoms with Crippen molar-refractivity contribution >= 4 is 46.2 Å². The fraction of sp³-hybridized carbons (Fsp3) is 0.500. The number of hydrogen-bond acceptors (Lipinski definition) is 6. The molecule has 0 spiro atoms. The second kappa shape index (κ2) is 8.95. The predicted octanol–water partition coefficient (Wildman–Crippen LogP) is 3.84. The van der Waals surface area contributed by atoms with Crippen molar-refractivity contribution in [2.75, 3.05) is 32.8 Å². The highest BCUT2D eigenvalue weighted by atomic mass is 35.5. The van der Waals surface area contributed by atoms with Gasteiger partial charge in [-0.05, 0) is 43.4 Å². The van der Waals surface area contributed by atoms with Gasteiger partial charge in [0.2, 0.25) is 0 Å². The molecular weight excluding hydrogens is 416 g/mol. The Labute approximate surface area is 177 Å². The third kappa shape index (κ3) is 4.59. The summed E-state index contributed by atoms with van der Waals surface area (Å²) in [5.74, 6) is -0.475. The summed E-state index contributed by atoms with van der Waals surface area (Å²) in [4.78, 5) is 31.5. The second-order valence-corrected chi connectivity index (χ2v) is 9.96. The first-order valence-corrected chi connectivity index (χ1v) is 11.7. The quantitative estimate of drug-likeness (QED) is 0.665. The Kier molecular flexibility index (Phi) is 6.35. The van der Waals surface area contributed by atoms with Crippen molar-refractivity contribution in [2.45, 2.75) is 32.2 Å². The van der Waals surface area contributed by atoms with Gasteiger partial charge in [-0.1, -0.05) is 11.6 Å². The van der Waals surface area contributed by atoms with Gasteiger partial charge in [-0.15, -0.1) is 22.7 Å². The van der Waals surface area contributed by atoms with Gasteiger partial charge < -0.3 is 9.64 Å². The van der Waals surface area contributed by atoms with Gasteiger partial charge in [-0.2, -0.15) is 0 Å². The molecule has 0 bridgehead atoms. The van der Waals surface area contributed by atoms with Crippen LogP contribution in [0.25, 0.3) is 0 Å². The van der Waals surface area contributed by atoms with Crippen LogP contribution >= 0.6 is 34.3 Å². The van der Waals surface area contributed by atoms with Gasteiger partial charge in [0, 0.05) is 47.9 Å². The maximum atomic E-state index is 12.4. The molecule has 3 heterocycles. The highest BCUT2D eigenvalue weighted by Crippen LogP contribution is 2.30. The lowest BCUT2D eigenvalue weighted by atomic mass is 9.96. The SMILES string of the molecule is O=C(OCC(=O)N1CCN(Cc2ccc(Cl)s2)CC1)c1csc2c1CCCC2. The number of rotatable bonds is 5. The van der Waals surface area contributed by atoms with Crippen molar-refractivity contribution in [3.8, 4) is 0 Å². The van der Waals surface area contributed by atoms with Crippen molar-refractivity contribution in [3.63, 3.8) is 0 Å². The first kappa shape index (κ1) is 19.9. The Balaban J connectivity index is 1.23.